The smallest absolute Gasteiger partial charge is 0.0621 e. The van der Waals surface area contributed by atoms with Crippen molar-refractivity contribution in [2.24, 2.45) is 11.7 Å². The molecule has 94 valence electrons. The van der Waals surface area contributed by atoms with Crippen LogP contribution in [0.25, 0.3) is 0 Å². The summed E-state index contributed by atoms with van der Waals surface area (Å²) in [4.78, 5) is 4.90. The Kier molecular flexibility index (Phi) is 4.19. The Hall–Kier alpha value is -0.160. The Bertz CT molecular complexity index is 202. The molecule has 0 spiro atoms. The van der Waals surface area contributed by atoms with Crippen LogP contribution >= 0.6 is 0 Å². The van der Waals surface area contributed by atoms with Crippen LogP contribution in [0.5, 0.6) is 0 Å². The Balaban J connectivity index is 1.73. The van der Waals surface area contributed by atoms with Gasteiger partial charge in [0.25, 0.3) is 0 Å². The molecular weight excluding hydrogens is 202 g/mol. The predicted molar refractivity (Wildman–Crippen MR) is 65.4 cm³/mol. The van der Waals surface area contributed by atoms with E-state index in [1.807, 2.05) is 0 Å². The molecule has 2 aliphatic heterocycles. The molecule has 2 fully saturated rings. The van der Waals surface area contributed by atoms with Crippen LogP contribution in [0.1, 0.15) is 12.8 Å². The number of nitrogens with zero attached hydrogens (tertiary/aromatic N) is 2. The van der Waals surface area contributed by atoms with Crippen molar-refractivity contribution in [3.8, 4) is 0 Å². The highest BCUT2D eigenvalue weighted by Gasteiger charge is 2.28. The van der Waals surface area contributed by atoms with Crippen LogP contribution in [0.15, 0.2) is 0 Å². The van der Waals surface area contributed by atoms with E-state index in [4.69, 9.17) is 10.5 Å². The summed E-state index contributed by atoms with van der Waals surface area (Å²) >= 11 is 0. The molecule has 2 rings (SSSR count). The summed E-state index contributed by atoms with van der Waals surface area (Å²) in [6, 6.07) is 0.979. The molecule has 0 radical (unpaired) electrons. The maximum absolute atomic E-state index is 6.00. The Morgan fingerprint density at radius 2 is 2.19 bits per heavy atom. The van der Waals surface area contributed by atoms with Gasteiger partial charge in [-0.15, -0.1) is 0 Å². The van der Waals surface area contributed by atoms with Crippen LogP contribution in [0.4, 0.5) is 0 Å². The number of ether oxygens (including phenoxy) is 1. The number of hydrogen-bond donors (Lipinski definition) is 1. The van der Waals surface area contributed by atoms with Gasteiger partial charge in [0, 0.05) is 31.1 Å². The fraction of sp³-hybridized carbons (Fsp3) is 1.00. The first-order chi connectivity index (χ1) is 7.66. The first kappa shape index (κ1) is 12.3. The number of rotatable bonds is 4. The van der Waals surface area contributed by atoms with Crippen molar-refractivity contribution < 1.29 is 4.74 Å². The number of hydrogen-bond acceptors (Lipinski definition) is 4. The Morgan fingerprint density at radius 1 is 1.38 bits per heavy atom. The summed E-state index contributed by atoms with van der Waals surface area (Å²) in [6.07, 6.45) is 2.69. The average Bonchev–Trinajstić information content (AvgIpc) is 2.79. The molecule has 4 nitrogen and oxygen atoms in total. The molecule has 16 heavy (non-hydrogen) atoms. The van der Waals surface area contributed by atoms with Crippen LogP contribution in [0, 0.1) is 5.92 Å². The van der Waals surface area contributed by atoms with E-state index in [0.29, 0.717) is 5.92 Å². The topological polar surface area (TPSA) is 41.7 Å². The minimum Gasteiger partial charge on any atom is -0.379 e. The van der Waals surface area contributed by atoms with Crippen molar-refractivity contribution in [3.63, 3.8) is 0 Å². The van der Waals surface area contributed by atoms with E-state index in [9.17, 15) is 0 Å². The lowest BCUT2D eigenvalue weighted by molar-refractivity contribution is 0.163. The van der Waals surface area contributed by atoms with Crippen molar-refractivity contribution >= 4 is 0 Å². The predicted octanol–water partition coefficient (Wildman–Crippen LogP) is -0.0139. The molecule has 4 heteroatoms. The lowest BCUT2D eigenvalue weighted by Gasteiger charge is -2.28. The first-order valence-corrected chi connectivity index (χ1v) is 6.39. The molecule has 2 N–H and O–H groups in total. The molecule has 0 aromatic carbocycles. The molecule has 0 aromatic rings. The van der Waals surface area contributed by atoms with Gasteiger partial charge in [0.05, 0.1) is 13.2 Å². The second-order valence-corrected chi connectivity index (χ2v) is 5.46. The van der Waals surface area contributed by atoms with Gasteiger partial charge in [0.1, 0.15) is 0 Å². The van der Waals surface area contributed by atoms with Gasteiger partial charge in [0.2, 0.25) is 0 Å². The van der Waals surface area contributed by atoms with Crippen LogP contribution in [-0.2, 0) is 4.74 Å². The third-order valence-corrected chi connectivity index (χ3v) is 3.99. The van der Waals surface area contributed by atoms with Crippen LogP contribution in [0.3, 0.4) is 0 Å². The molecule has 2 saturated heterocycles. The monoisotopic (exact) mass is 227 g/mol. The second-order valence-electron chi connectivity index (χ2n) is 5.46. The van der Waals surface area contributed by atoms with Crippen molar-refractivity contribution in [1.29, 1.82) is 0 Å². The molecule has 3 unspecified atom stereocenters. The molecule has 0 bridgehead atoms. The SMILES string of the molecule is CN(CC1COCC1N)CC1CCCN1C. The summed E-state index contributed by atoms with van der Waals surface area (Å²) in [7, 11) is 4.44. The number of likely N-dealkylation sites (tertiary alicyclic amines) is 1. The quantitative estimate of drug-likeness (QED) is 0.733. The van der Waals surface area contributed by atoms with Gasteiger partial charge >= 0.3 is 0 Å². The highest BCUT2D eigenvalue weighted by atomic mass is 16.5. The van der Waals surface area contributed by atoms with E-state index < -0.39 is 0 Å². The van der Waals surface area contributed by atoms with Crippen molar-refractivity contribution in [1.82, 2.24) is 9.80 Å². The van der Waals surface area contributed by atoms with Gasteiger partial charge in [0.15, 0.2) is 0 Å². The minimum atomic E-state index is 0.240. The van der Waals surface area contributed by atoms with E-state index in [2.05, 4.69) is 23.9 Å². The van der Waals surface area contributed by atoms with Crippen LogP contribution < -0.4 is 5.73 Å². The lowest BCUT2D eigenvalue weighted by atomic mass is 10.0. The highest BCUT2D eigenvalue weighted by molar-refractivity contribution is 4.83. The Morgan fingerprint density at radius 3 is 2.75 bits per heavy atom. The third kappa shape index (κ3) is 2.94. The fourth-order valence-electron chi connectivity index (χ4n) is 2.85. The van der Waals surface area contributed by atoms with Crippen molar-refractivity contribution in [2.75, 3.05) is 46.9 Å². The maximum Gasteiger partial charge on any atom is 0.0621 e. The zero-order valence-electron chi connectivity index (χ0n) is 10.6. The zero-order chi connectivity index (χ0) is 11.5. The molecule has 0 amide bonds. The Labute approximate surface area is 98.7 Å². The molecule has 0 aliphatic carbocycles. The lowest BCUT2D eigenvalue weighted by Crippen LogP contribution is -2.42. The number of likely N-dealkylation sites (N-methyl/N-ethyl adjacent to an activating group) is 2. The summed E-state index contributed by atoms with van der Waals surface area (Å²) in [5, 5.41) is 0. The van der Waals surface area contributed by atoms with E-state index >= 15 is 0 Å². The minimum absolute atomic E-state index is 0.240. The summed E-state index contributed by atoms with van der Waals surface area (Å²) in [5.41, 5.74) is 6.00. The molecular formula is C12H25N3O. The molecule has 0 saturated carbocycles. The largest absolute Gasteiger partial charge is 0.379 e. The summed E-state index contributed by atoms with van der Waals surface area (Å²) in [5.74, 6) is 0.525. The molecule has 3 atom stereocenters. The van der Waals surface area contributed by atoms with Crippen molar-refractivity contribution in [3.05, 3.63) is 0 Å². The van der Waals surface area contributed by atoms with Gasteiger partial charge < -0.3 is 20.3 Å². The molecule has 0 aromatic heterocycles. The molecule has 2 heterocycles. The van der Waals surface area contributed by atoms with Gasteiger partial charge in [-0.25, -0.2) is 0 Å². The average molecular weight is 227 g/mol. The maximum atomic E-state index is 6.00. The highest BCUT2D eigenvalue weighted by Crippen LogP contribution is 2.17. The standard InChI is InChI=1S/C12H25N3O/c1-14(6-10-8-16-9-12(10)13)7-11-4-3-5-15(11)2/h10-12H,3-9,13H2,1-2H3. The van der Waals surface area contributed by atoms with Crippen LogP contribution in [0.2, 0.25) is 0 Å². The normalized spacial score (nSPS) is 36.4. The third-order valence-electron chi connectivity index (χ3n) is 3.99. The zero-order valence-corrected chi connectivity index (χ0v) is 10.6. The first-order valence-electron chi connectivity index (χ1n) is 6.39. The molecule has 2 aliphatic rings. The van der Waals surface area contributed by atoms with E-state index in [-0.39, 0.29) is 6.04 Å². The van der Waals surface area contributed by atoms with Crippen molar-refractivity contribution in [2.45, 2.75) is 24.9 Å². The van der Waals surface area contributed by atoms with Gasteiger partial charge in [-0.2, -0.15) is 0 Å². The summed E-state index contributed by atoms with van der Waals surface area (Å²) in [6.45, 7) is 5.07. The van der Waals surface area contributed by atoms with E-state index in [1.165, 1.54) is 25.9 Å². The van der Waals surface area contributed by atoms with E-state index in [1.54, 1.807) is 0 Å². The fourth-order valence-corrected chi connectivity index (χ4v) is 2.85. The van der Waals surface area contributed by atoms with Crippen LogP contribution in [-0.4, -0.2) is 68.8 Å². The summed E-state index contributed by atoms with van der Waals surface area (Å²) < 4.78 is 5.40. The van der Waals surface area contributed by atoms with Gasteiger partial charge in [-0.05, 0) is 33.5 Å². The second kappa shape index (κ2) is 5.45. The van der Waals surface area contributed by atoms with Gasteiger partial charge in [-0.3, -0.25) is 0 Å². The van der Waals surface area contributed by atoms with Gasteiger partial charge in [-0.1, -0.05) is 0 Å². The number of nitrogens with two attached hydrogens (primary N) is 1. The van der Waals surface area contributed by atoms with E-state index in [0.717, 1.165) is 25.8 Å².